The van der Waals surface area contributed by atoms with E-state index in [-0.39, 0.29) is 11.6 Å². The van der Waals surface area contributed by atoms with Crippen molar-refractivity contribution in [2.45, 2.75) is 62.5 Å². The minimum Gasteiger partial charge on any atom is -0.377 e. The van der Waals surface area contributed by atoms with Crippen molar-refractivity contribution in [3.63, 3.8) is 0 Å². The first kappa shape index (κ1) is 13.1. The Kier molecular flexibility index (Phi) is 3.59. The molecule has 3 nitrogen and oxygen atoms in total. The maximum atomic E-state index is 6.65. The van der Waals surface area contributed by atoms with Gasteiger partial charge in [-0.15, -0.1) is 0 Å². The van der Waals surface area contributed by atoms with Crippen LogP contribution in [0.1, 0.15) is 55.7 Å². The molecule has 2 N–H and O–H groups in total. The number of methoxy groups -OCH3 is 1. The molecule has 1 aromatic heterocycles. The van der Waals surface area contributed by atoms with Crippen LogP contribution in [0.4, 0.5) is 0 Å². The van der Waals surface area contributed by atoms with Crippen molar-refractivity contribution in [3.05, 3.63) is 29.6 Å². The van der Waals surface area contributed by atoms with Gasteiger partial charge in [0.05, 0.1) is 5.60 Å². The third kappa shape index (κ3) is 2.19. The summed E-state index contributed by atoms with van der Waals surface area (Å²) in [5.41, 5.74) is 9.13. The quantitative estimate of drug-likeness (QED) is 0.909. The van der Waals surface area contributed by atoms with Crippen LogP contribution < -0.4 is 5.73 Å². The van der Waals surface area contributed by atoms with Gasteiger partial charge in [-0.2, -0.15) is 0 Å². The normalized spacial score (nSPS) is 26.9. The molecule has 104 valence electrons. The summed E-state index contributed by atoms with van der Waals surface area (Å²) in [5, 5.41) is 0. The molecular formula is C16H24N2O. The Hall–Kier alpha value is -0.930. The molecule has 1 heterocycles. The molecule has 2 aliphatic carbocycles. The van der Waals surface area contributed by atoms with Crippen molar-refractivity contribution < 1.29 is 4.74 Å². The summed E-state index contributed by atoms with van der Waals surface area (Å²) in [6, 6.07) is 4.29. The number of fused-ring (bicyclic) bond motifs is 1. The van der Waals surface area contributed by atoms with Crippen LogP contribution in [0.2, 0.25) is 0 Å². The van der Waals surface area contributed by atoms with E-state index in [1.165, 1.54) is 30.5 Å². The number of nitrogens with zero attached hydrogens (tertiary/aromatic N) is 1. The minimum absolute atomic E-state index is 0.0777. The first-order chi connectivity index (χ1) is 9.27. The van der Waals surface area contributed by atoms with Crippen LogP contribution in [-0.4, -0.2) is 23.7 Å². The molecule has 3 heteroatoms. The Labute approximate surface area is 115 Å². The fourth-order valence-electron chi connectivity index (χ4n) is 3.98. The van der Waals surface area contributed by atoms with Crippen molar-refractivity contribution in [3.8, 4) is 0 Å². The zero-order chi connectivity index (χ0) is 13.3. The molecule has 1 fully saturated rings. The van der Waals surface area contributed by atoms with Gasteiger partial charge in [0.2, 0.25) is 0 Å². The van der Waals surface area contributed by atoms with Crippen molar-refractivity contribution in [1.29, 1.82) is 0 Å². The van der Waals surface area contributed by atoms with Gasteiger partial charge in [0, 0.05) is 31.0 Å². The number of rotatable bonds is 3. The second kappa shape index (κ2) is 5.22. The van der Waals surface area contributed by atoms with E-state index >= 15 is 0 Å². The topological polar surface area (TPSA) is 48.1 Å². The van der Waals surface area contributed by atoms with E-state index in [9.17, 15) is 0 Å². The fourth-order valence-corrected chi connectivity index (χ4v) is 3.98. The first-order valence-corrected chi connectivity index (χ1v) is 7.51. The minimum atomic E-state index is -0.123. The van der Waals surface area contributed by atoms with Crippen molar-refractivity contribution in [2.75, 3.05) is 7.11 Å². The van der Waals surface area contributed by atoms with E-state index in [1.807, 2.05) is 19.4 Å². The molecule has 0 amide bonds. The summed E-state index contributed by atoms with van der Waals surface area (Å²) < 4.78 is 5.92. The van der Waals surface area contributed by atoms with Gasteiger partial charge < -0.3 is 10.5 Å². The Bertz CT molecular complexity index is 440. The molecule has 1 aromatic rings. The van der Waals surface area contributed by atoms with E-state index in [1.54, 1.807) is 0 Å². The molecule has 1 saturated carbocycles. The van der Waals surface area contributed by atoms with Crippen LogP contribution in [0.25, 0.3) is 0 Å². The van der Waals surface area contributed by atoms with Crippen LogP contribution in [0.15, 0.2) is 18.3 Å². The molecule has 0 radical (unpaired) electrons. The predicted molar refractivity (Wildman–Crippen MR) is 76.1 cm³/mol. The van der Waals surface area contributed by atoms with Gasteiger partial charge in [-0.3, -0.25) is 4.98 Å². The molecule has 0 saturated heterocycles. The predicted octanol–water partition coefficient (Wildman–Crippen LogP) is 2.79. The van der Waals surface area contributed by atoms with Crippen LogP contribution in [0.5, 0.6) is 0 Å². The molecule has 0 aromatic carbocycles. The molecule has 0 bridgehead atoms. The van der Waals surface area contributed by atoms with Gasteiger partial charge in [0.25, 0.3) is 0 Å². The lowest BCUT2D eigenvalue weighted by Gasteiger charge is -2.43. The summed E-state index contributed by atoms with van der Waals surface area (Å²) in [5.74, 6) is 0.370. The zero-order valence-electron chi connectivity index (χ0n) is 11.8. The highest BCUT2D eigenvalue weighted by Gasteiger charge is 2.44. The molecule has 0 aliphatic heterocycles. The summed E-state index contributed by atoms with van der Waals surface area (Å²) in [6.07, 6.45) is 10.1. The Morgan fingerprint density at radius 1 is 1.37 bits per heavy atom. The monoisotopic (exact) mass is 260 g/mol. The van der Waals surface area contributed by atoms with Crippen molar-refractivity contribution in [1.82, 2.24) is 4.98 Å². The summed E-state index contributed by atoms with van der Waals surface area (Å²) in [7, 11) is 1.83. The van der Waals surface area contributed by atoms with Gasteiger partial charge in [-0.1, -0.05) is 25.3 Å². The molecule has 2 atom stereocenters. The Balaban J connectivity index is 1.86. The highest BCUT2D eigenvalue weighted by atomic mass is 16.5. The average molecular weight is 260 g/mol. The smallest absolute Gasteiger partial charge is 0.0835 e. The number of ether oxygens (including phenoxy) is 1. The number of hydrogen-bond donors (Lipinski definition) is 1. The van der Waals surface area contributed by atoms with Crippen LogP contribution >= 0.6 is 0 Å². The SMILES string of the molecule is COC1(C(N)C2CCc3cccnc32)CCCCC1. The highest BCUT2D eigenvalue weighted by Crippen LogP contribution is 2.42. The van der Waals surface area contributed by atoms with Crippen LogP contribution in [0.3, 0.4) is 0 Å². The maximum absolute atomic E-state index is 6.65. The number of pyridine rings is 1. The molecular weight excluding hydrogens is 236 g/mol. The van der Waals surface area contributed by atoms with E-state index in [0.717, 1.165) is 25.7 Å². The van der Waals surface area contributed by atoms with E-state index in [0.29, 0.717) is 5.92 Å². The van der Waals surface area contributed by atoms with E-state index in [4.69, 9.17) is 10.5 Å². The summed E-state index contributed by atoms with van der Waals surface area (Å²) in [6.45, 7) is 0. The fraction of sp³-hybridized carbons (Fsp3) is 0.688. The maximum Gasteiger partial charge on any atom is 0.0835 e. The lowest BCUT2D eigenvalue weighted by Crippen LogP contribution is -2.53. The number of aromatic nitrogens is 1. The molecule has 0 spiro atoms. The second-order valence-electron chi connectivity index (χ2n) is 6.05. The van der Waals surface area contributed by atoms with Crippen LogP contribution in [-0.2, 0) is 11.2 Å². The average Bonchev–Trinajstić information content (AvgIpc) is 2.91. The Morgan fingerprint density at radius 3 is 2.89 bits per heavy atom. The van der Waals surface area contributed by atoms with Gasteiger partial charge >= 0.3 is 0 Å². The number of hydrogen-bond acceptors (Lipinski definition) is 3. The lowest BCUT2D eigenvalue weighted by atomic mass is 9.74. The second-order valence-corrected chi connectivity index (χ2v) is 6.05. The van der Waals surface area contributed by atoms with Crippen LogP contribution in [0, 0.1) is 0 Å². The zero-order valence-corrected chi connectivity index (χ0v) is 11.8. The molecule has 3 rings (SSSR count). The molecule has 2 unspecified atom stereocenters. The molecule has 2 aliphatic rings. The standard InChI is InChI=1S/C16H24N2O/c1-19-16(9-3-2-4-10-16)15(17)13-8-7-12-6-5-11-18-14(12)13/h5-6,11,13,15H,2-4,7-10,17H2,1H3. The van der Waals surface area contributed by atoms with Crippen molar-refractivity contribution in [2.24, 2.45) is 5.73 Å². The third-order valence-corrected chi connectivity index (χ3v) is 5.15. The van der Waals surface area contributed by atoms with Crippen molar-refractivity contribution >= 4 is 0 Å². The molecule has 19 heavy (non-hydrogen) atoms. The lowest BCUT2D eigenvalue weighted by molar-refractivity contribution is -0.0644. The largest absolute Gasteiger partial charge is 0.377 e. The van der Waals surface area contributed by atoms with Gasteiger partial charge in [0.15, 0.2) is 0 Å². The summed E-state index contributed by atoms with van der Waals surface area (Å²) in [4.78, 5) is 4.59. The first-order valence-electron chi connectivity index (χ1n) is 7.51. The Morgan fingerprint density at radius 2 is 2.16 bits per heavy atom. The number of aryl methyl sites for hydroxylation is 1. The van der Waals surface area contributed by atoms with Gasteiger partial charge in [0.1, 0.15) is 0 Å². The third-order valence-electron chi connectivity index (χ3n) is 5.15. The van der Waals surface area contributed by atoms with Gasteiger partial charge in [-0.05, 0) is 37.3 Å². The summed E-state index contributed by atoms with van der Waals surface area (Å²) >= 11 is 0. The number of nitrogens with two attached hydrogens (primary N) is 1. The van der Waals surface area contributed by atoms with Gasteiger partial charge in [-0.25, -0.2) is 0 Å². The van der Waals surface area contributed by atoms with E-state index < -0.39 is 0 Å². The van der Waals surface area contributed by atoms with E-state index in [2.05, 4.69) is 11.1 Å². The highest BCUT2D eigenvalue weighted by molar-refractivity contribution is 5.31.